The van der Waals surface area contributed by atoms with Gasteiger partial charge < -0.3 is 10.2 Å². The molecule has 0 spiro atoms. The van der Waals surface area contributed by atoms with Gasteiger partial charge in [0, 0.05) is 24.5 Å². The molecule has 1 aliphatic heterocycles. The first-order valence-corrected chi connectivity index (χ1v) is 12.7. The molecule has 0 saturated heterocycles. The molecular formula is C26H41ClFN2O2P. The number of nitrogens with zero attached hydrogens (tertiary/aromatic N) is 1. The van der Waals surface area contributed by atoms with E-state index in [4.69, 9.17) is 11.6 Å². The predicted molar refractivity (Wildman–Crippen MR) is 145 cm³/mol. The average Bonchev–Trinajstić information content (AvgIpc) is 3.24. The third-order valence-electron chi connectivity index (χ3n) is 4.50. The van der Waals surface area contributed by atoms with Gasteiger partial charge in [-0.2, -0.15) is 5.10 Å². The van der Waals surface area contributed by atoms with E-state index in [0.29, 0.717) is 24.5 Å². The minimum atomic E-state index is -1.00. The summed E-state index contributed by atoms with van der Waals surface area (Å²) in [7, 11) is 2.68. The van der Waals surface area contributed by atoms with Gasteiger partial charge >= 0.3 is 5.97 Å². The zero-order valence-electron chi connectivity index (χ0n) is 20.6. The van der Waals surface area contributed by atoms with E-state index < -0.39 is 6.17 Å². The topological polar surface area (TPSA) is 50.7 Å². The molecule has 2 rings (SSSR count). The lowest BCUT2D eigenvalue weighted by atomic mass is 10.0. The van der Waals surface area contributed by atoms with Crippen molar-refractivity contribution in [1.29, 1.82) is 0 Å². The van der Waals surface area contributed by atoms with Crippen LogP contribution in [0.25, 0.3) is 0 Å². The summed E-state index contributed by atoms with van der Waals surface area (Å²) in [6.07, 6.45) is 19.9. The van der Waals surface area contributed by atoms with Crippen molar-refractivity contribution < 1.29 is 13.9 Å². The molecule has 0 bridgehead atoms. The SMILES string of the molecule is CCCC(=O)OCC(F)CC.C\C=C/C(=C\C=C\C)C1=NNC(C)C1.PC1C=CC=CC1Cl. The predicted octanol–water partition coefficient (Wildman–Crippen LogP) is 6.84. The Bertz CT molecular complexity index is 716. The number of hydrogen-bond donors (Lipinski definition) is 1. The van der Waals surface area contributed by atoms with Crippen LogP contribution in [0.5, 0.6) is 0 Å². The number of esters is 1. The number of halogens is 2. The molecule has 186 valence electrons. The molecule has 1 heterocycles. The Morgan fingerprint density at radius 2 is 2.03 bits per heavy atom. The number of allylic oxidation sites excluding steroid dienone is 10. The minimum absolute atomic E-state index is 0.0880. The van der Waals surface area contributed by atoms with Crippen molar-refractivity contribution in [3.05, 3.63) is 60.3 Å². The molecule has 5 atom stereocenters. The van der Waals surface area contributed by atoms with E-state index in [-0.39, 0.29) is 18.0 Å². The first kappa shape index (κ1) is 31.3. The second-order valence-corrected chi connectivity index (χ2v) is 8.94. The Balaban J connectivity index is 0.000000484. The number of alkyl halides is 2. The molecule has 5 unspecified atom stereocenters. The van der Waals surface area contributed by atoms with E-state index >= 15 is 0 Å². The molecule has 0 amide bonds. The van der Waals surface area contributed by atoms with Gasteiger partial charge in [0.2, 0.25) is 0 Å². The number of carbonyl (C=O) groups excluding carboxylic acids is 1. The minimum Gasteiger partial charge on any atom is -0.463 e. The molecule has 7 heteroatoms. The number of ether oxygens (including phenoxy) is 1. The normalized spacial score (nSPS) is 22.7. The first-order chi connectivity index (χ1) is 15.8. The Kier molecular flexibility index (Phi) is 18.7. The van der Waals surface area contributed by atoms with Crippen LogP contribution in [0.2, 0.25) is 0 Å². The van der Waals surface area contributed by atoms with Gasteiger partial charge in [-0.25, -0.2) is 4.39 Å². The second kappa shape index (κ2) is 19.7. The van der Waals surface area contributed by atoms with Crippen LogP contribution >= 0.6 is 20.8 Å². The zero-order valence-corrected chi connectivity index (χ0v) is 22.5. The van der Waals surface area contributed by atoms with Crippen LogP contribution in [-0.2, 0) is 9.53 Å². The molecule has 1 N–H and O–H groups in total. The summed E-state index contributed by atoms with van der Waals surface area (Å²) in [5.74, 6) is -0.302. The zero-order chi connectivity index (χ0) is 25.1. The Hall–Kier alpha value is -1.71. The number of rotatable bonds is 8. The maximum atomic E-state index is 12.5. The summed E-state index contributed by atoms with van der Waals surface area (Å²) < 4.78 is 17.1. The fourth-order valence-corrected chi connectivity index (χ4v) is 2.98. The summed E-state index contributed by atoms with van der Waals surface area (Å²) in [6, 6.07) is 0.462. The van der Waals surface area contributed by atoms with Crippen molar-refractivity contribution in [3.8, 4) is 0 Å². The van der Waals surface area contributed by atoms with Crippen molar-refractivity contribution in [1.82, 2.24) is 5.43 Å². The fraction of sp³-hybridized carbons (Fsp3) is 0.538. The third kappa shape index (κ3) is 15.7. The van der Waals surface area contributed by atoms with E-state index in [0.717, 1.165) is 18.6 Å². The summed E-state index contributed by atoms with van der Waals surface area (Å²) in [5, 5.41) is 4.47. The summed E-state index contributed by atoms with van der Waals surface area (Å²) >= 11 is 5.81. The molecule has 4 nitrogen and oxygen atoms in total. The van der Waals surface area contributed by atoms with E-state index in [9.17, 15) is 9.18 Å². The van der Waals surface area contributed by atoms with Crippen LogP contribution in [0.15, 0.2) is 65.4 Å². The van der Waals surface area contributed by atoms with Gasteiger partial charge in [-0.1, -0.05) is 68.5 Å². The van der Waals surface area contributed by atoms with Gasteiger partial charge in [0.25, 0.3) is 0 Å². The van der Waals surface area contributed by atoms with Crippen LogP contribution in [0, 0.1) is 0 Å². The lowest BCUT2D eigenvalue weighted by Gasteiger charge is -2.11. The number of carbonyl (C=O) groups is 1. The lowest BCUT2D eigenvalue weighted by Crippen LogP contribution is -2.13. The van der Waals surface area contributed by atoms with E-state index in [2.05, 4.69) is 49.7 Å². The van der Waals surface area contributed by atoms with Crippen molar-refractivity contribution in [2.75, 3.05) is 6.61 Å². The van der Waals surface area contributed by atoms with Crippen LogP contribution in [0.3, 0.4) is 0 Å². The standard InChI is InChI=1S/C12H18N2.C8H15FO2.C6H8ClP/c1-4-6-8-11(7-5-2)12-9-10(3)13-14-12;1-3-5-8(10)11-6-7(9)4-2;7-5-3-1-2-4-6(5)8/h4-8,10,13H,9H2,1-3H3;7H,3-6H2,1-2H3;1-6H,8H2/b6-4+,7-5-,11-8+;;. The van der Waals surface area contributed by atoms with Crippen LogP contribution < -0.4 is 5.43 Å². The third-order valence-corrected chi connectivity index (χ3v) is 5.81. The van der Waals surface area contributed by atoms with Gasteiger partial charge in [0.1, 0.15) is 12.8 Å². The van der Waals surface area contributed by atoms with E-state index in [1.807, 2.05) is 57.2 Å². The Morgan fingerprint density at radius 3 is 2.48 bits per heavy atom. The van der Waals surface area contributed by atoms with Gasteiger partial charge in [-0.15, -0.1) is 20.8 Å². The summed E-state index contributed by atoms with van der Waals surface area (Å²) in [5.41, 5.74) is 5.84. The van der Waals surface area contributed by atoms with Crippen LogP contribution in [-0.4, -0.2) is 41.5 Å². The molecule has 33 heavy (non-hydrogen) atoms. The molecular weight excluding hydrogens is 458 g/mol. The highest BCUT2D eigenvalue weighted by atomic mass is 35.5. The van der Waals surface area contributed by atoms with Crippen molar-refractivity contribution in [2.45, 2.75) is 83.6 Å². The van der Waals surface area contributed by atoms with Gasteiger partial charge in [-0.3, -0.25) is 4.79 Å². The fourth-order valence-electron chi connectivity index (χ4n) is 2.55. The maximum Gasteiger partial charge on any atom is 0.305 e. The highest BCUT2D eigenvalue weighted by Crippen LogP contribution is 2.18. The van der Waals surface area contributed by atoms with Crippen molar-refractivity contribution in [3.63, 3.8) is 0 Å². The Morgan fingerprint density at radius 1 is 1.33 bits per heavy atom. The molecule has 1 aliphatic carbocycles. The molecule has 0 saturated carbocycles. The van der Waals surface area contributed by atoms with Crippen LogP contribution in [0.4, 0.5) is 4.39 Å². The molecule has 0 fully saturated rings. The summed E-state index contributed by atoms with van der Waals surface area (Å²) in [4.78, 5) is 10.7. The molecule has 0 aromatic heterocycles. The molecule has 0 aromatic rings. The molecule has 0 aromatic carbocycles. The average molecular weight is 499 g/mol. The largest absolute Gasteiger partial charge is 0.463 e. The quantitative estimate of drug-likeness (QED) is 0.172. The second-order valence-electron chi connectivity index (χ2n) is 7.67. The Labute approximate surface area is 207 Å². The lowest BCUT2D eigenvalue weighted by molar-refractivity contribution is -0.145. The molecule has 2 aliphatic rings. The highest BCUT2D eigenvalue weighted by molar-refractivity contribution is 7.18. The monoisotopic (exact) mass is 498 g/mol. The highest BCUT2D eigenvalue weighted by Gasteiger charge is 2.15. The molecule has 0 radical (unpaired) electrons. The van der Waals surface area contributed by atoms with Crippen molar-refractivity contribution in [2.24, 2.45) is 5.10 Å². The number of hydrogen-bond acceptors (Lipinski definition) is 4. The van der Waals surface area contributed by atoms with Gasteiger partial charge in [0.15, 0.2) is 0 Å². The summed E-state index contributed by atoms with van der Waals surface area (Å²) in [6.45, 7) is 9.69. The van der Waals surface area contributed by atoms with Gasteiger partial charge in [0.05, 0.1) is 11.1 Å². The van der Waals surface area contributed by atoms with E-state index in [1.165, 1.54) is 5.57 Å². The van der Waals surface area contributed by atoms with E-state index in [1.54, 1.807) is 6.92 Å². The van der Waals surface area contributed by atoms with Crippen molar-refractivity contribution >= 4 is 32.5 Å². The number of nitrogens with one attached hydrogen (secondary N) is 1. The maximum absolute atomic E-state index is 12.5. The van der Waals surface area contributed by atoms with Gasteiger partial charge in [-0.05, 0) is 39.2 Å². The smallest absolute Gasteiger partial charge is 0.305 e. The number of hydrazone groups is 1. The first-order valence-electron chi connectivity index (χ1n) is 11.6. The van der Waals surface area contributed by atoms with Crippen LogP contribution in [0.1, 0.15) is 60.3 Å².